The fraction of sp³-hybridized carbons (Fsp3) is 0.923. The van der Waals surface area contributed by atoms with Crippen LogP contribution in [0.25, 0.3) is 0 Å². The van der Waals surface area contributed by atoms with Crippen molar-refractivity contribution >= 4 is 11.8 Å². The van der Waals surface area contributed by atoms with Gasteiger partial charge in [0.1, 0.15) is 17.9 Å². The molecule has 0 aromatic carbocycles. The van der Waals surface area contributed by atoms with Crippen LogP contribution in [0.2, 0.25) is 0 Å². The van der Waals surface area contributed by atoms with Crippen LogP contribution in [0.1, 0.15) is 93.8 Å². The second kappa shape index (κ2) is 7.90. The number of Topliss-reactive ketones (excluding diaryl/α,β-unsaturated/α-hetero) is 1. The molecule has 2 N–H and O–H groups in total. The van der Waals surface area contributed by atoms with Crippen molar-refractivity contribution in [2.24, 2.45) is 52.1 Å². The second-order valence-corrected chi connectivity index (χ2v) is 11.9. The first kappa shape index (κ1) is 21.0. The molecule has 0 heterocycles. The van der Waals surface area contributed by atoms with Gasteiger partial charge in [-0.2, -0.15) is 0 Å². The van der Waals surface area contributed by atoms with E-state index in [4.69, 9.17) is 11.8 Å². The van der Waals surface area contributed by atoms with Gasteiger partial charge in [0.05, 0.1) is 1.37 Å². The van der Waals surface area contributed by atoms with Gasteiger partial charge in [0, 0.05) is 5.92 Å². The summed E-state index contributed by atoms with van der Waals surface area (Å²) >= 11 is 0. The molecule has 0 aromatic rings. The first-order valence-electron chi connectivity index (χ1n) is 12.9. The van der Waals surface area contributed by atoms with Crippen molar-refractivity contribution in [1.82, 2.24) is 0 Å². The molecular formula is C26H43NO3. The Labute approximate surface area is 184 Å². The lowest BCUT2D eigenvalue weighted by Crippen LogP contribution is -2.54. The maximum atomic E-state index is 12.5. The van der Waals surface area contributed by atoms with E-state index < -0.39 is 12.0 Å². The van der Waals surface area contributed by atoms with Crippen molar-refractivity contribution in [2.75, 3.05) is 0 Å². The van der Waals surface area contributed by atoms with E-state index in [2.05, 4.69) is 13.8 Å². The molecule has 4 saturated carbocycles. The highest BCUT2D eigenvalue weighted by Crippen LogP contribution is 2.67. The van der Waals surface area contributed by atoms with Crippen molar-refractivity contribution in [3.63, 3.8) is 0 Å². The molecule has 4 aliphatic rings. The molecule has 0 saturated heterocycles. The van der Waals surface area contributed by atoms with Crippen molar-refractivity contribution in [3.05, 3.63) is 0 Å². The fourth-order valence-corrected chi connectivity index (χ4v) is 8.45. The van der Waals surface area contributed by atoms with Gasteiger partial charge in [-0.15, -0.1) is 0 Å². The minimum absolute atomic E-state index is 0.100. The summed E-state index contributed by atoms with van der Waals surface area (Å²) in [5, 5.41) is 0. The lowest BCUT2D eigenvalue weighted by atomic mass is 9.44. The molecular weight excluding hydrogens is 374 g/mol. The zero-order valence-corrected chi connectivity index (χ0v) is 19.7. The van der Waals surface area contributed by atoms with Gasteiger partial charge in [0.2, 0.25) is 0 Å². The Morgan fingerprint density at radius 3 is 2.33 bits per heavy atom. The number of rotatable bonds is 4. The number of carbonyl (C=O) groups is 2. The summed E-state index contributed by atoms with van der Waals surface area (Å²) in [4.78, 5) is 24.9. The number of hydrogen-bond acceptors (Lipinski definition) is 4. The Morgan fingerprint density at radius 2 is 1.67 bits per heavy atom. The summed E-state index contributed by atoms with van der Waals surface area (Å²) < 4.78 is 13.9. The highest BCUT2D eigenvalue weighted by molar-refractivity contribution is 5.79. The van der Waals surface area contributed by atoms with Crippen LogP contribution in [0.5, 0.6) is 0 Å². The predicted molar refractivity (Wildman–Crippen MR) is 119 cm³/mol. The van der Waals surface area contributed by atoms with Gasteiger partial charge in [0.15, 0.2) is 0 Å². The van der Waals surface area contributed by atoms with Gasteiger partial charge < -0.3 is 10.5 Å². The molecule has 9 atom stereocenters. The number of ketones is 1. The van der Waals surface area contributed by atoms with Crippen LogP contribution in [-0.4, -0.2) is 23.9 Å². The van der Waals surface area contributed by atoms with Crippen LogP contribution >= 0.6 is 0 Å². The summed E-state index contributed by atoms with van der Waals surface area (Å²) in [5.74, 6) is 2.57. The zero-order chi connectivity index (χ0) is 22.8. The molecule has 170 valence electrons. The smallest absolute Gasteiger partial charge is 0.323 e. The quantitative estimate of drug-likeness (QED) is 0.643. The molecule has 4 fully saturated rings. The lowest BCUT2D eigenvalue weighted by Gasteiger charge is -2.61. The first-order valence-corrected chi connectivity index (χ1v) is 12.4. The molecule has 0 aliphatic heterocycles. The van der Waals surface area contributed by atoms with Crippen LogP contribution in [0.4, 0.5) is 0 Å². The van der Waals surface area contributed by atoms with Crippen LogP contribution in [0.3, 0.4) is 0 Å². The second-order valence-electron chi connectivity index (χ2n) is 11.9. The van der Waals surface area contributed by atoms with Gasteiger partial charge in [-0.1, -0.05) is 27.7 Å². The molecule has 0 aromatic heterocycles. The first-order chi connectivity index (χ1) is 14.4. The molecule has 4 rings (SSSR count). The minimum atomic E-state index is -1.66. The molecule has 4 nitrogen and oxygen atoms in total. The average molecular weight is 419 g/mol. The Kier molecular flexibility index (Phi) is 5.52. The molecule has 0 bridgehead atoms. The van der Waals surface area contributed by atoms with Crippen molar-refractivity contribution in [2.45, 2.75) is 105 Å². The maximum absolute atomic E-state index is 12.5. The molecule has 30 heavy (non-hydrogen) atoms. The Morgan fingerprint density at radius 1 is 1.00 bits per heavy atom. The van der Waals surface area contributed by atoms with Crippen molar-refractivity contribution < 1.29 is 15.7 Å². The molecule has 1 unspecified atom stereocenters. The third-order valence-electron chi connectivity index (χ3n) is 10.2. The van der Waals surface area contributed by atoms with Gasteiger partial charge in [-0.3, -0.25) is 9.59 Å². The van der Waals surface area contributed by atoms with E-state index in [9.17, 15) is 9.59 Å². The average Bonchev–Trinajstić information content (AvgIpc) is 3.05. The summed E-state index contributed by atoms with van der Waals surface area (Å²) in [6, 6.07) is -1.66. The highest BCUT2D eigenvalue weighted by Gasteiger charge is 2.60. The summed E-state index contributed by atoms with van der Waals surface area (Å²) in [6.45, 7) is 10.3. The largest absolute Gasteiger partial charge is 0.461 e. The van der Waals surface area contributed by atoms with Gasteiger partial charge in [0.25, 0.3) is 0 Å². The number of hydrogen-bond donors (Lipinski definition) is 1. The predicted octanol–water partition coefficient (Wildman–Crippen LogP) is 5.13. The van der Waals surface area contributed by atoms with E-state index in [1.54, 1.807) is 20.8 Å². The van der Waals surface area contributed by atoms with E-state index in [0.717, 1.165) is 37.5 Å². The Hall–Kier alpha value is -0.900. The zero-order valence-electron chi connectivity index (χ0n) is 20.7. The van der Waals surface area contributed by atoms with E-state index in [1.165, 1.54) is 32.1 Å². The van der Waals surface area contributed by atoms with E-state index in [1.807, 2.05) is 0 Å². The van der Waals surface area contributed by atoms with Crippen LogP contribution in [0.15, 0.2) is 0 Å². The van der Waals surface area contributed by atoms with Crippen LogP contribution in [-0.2, 0) is 14.3 Å². The molecule has 4 aliphatic carbocycles. The number of esters is 1. The van der Waals surface area contributed by atoms with E-state index >= 15 is 0 Å². The molecule has 0 spiro atoms. The molecule has 4 heteroatoms. The van der Waals surface area contributed by atoms with Crippen molar-refractivity contribution in [3.8, 4) is 0 Å². The number of nitrogens with two attached hydrogens (primary N) is 1. The van der Waals surface area contributed by atoms with Crippen LogP contribution in [0, 0.1) is 46.3 Å². The van der Waals surface area contributed by atoms with Crippen LogP contribution < -0.4 is 5.73 Å². The monoisotopic (exact) mass is 418 g/mol. The maximum Gasteiger partial charge on any atom is 0.323 e. The minimum Gasteiger partial charge on any atom is -0.461 e. The standard InChI is InChI=1S/C26H43NO3/c1-15(2)23(27)24(29)30-18-10-12-25(4)17(14-18)6-7-19-21-9-8-20(16(3)28)26(21,5)13-11-22(19)25/h15,17-23H,6-14,27H2,1-5H3/t17-,18+,19-,20+,21-,22-,23?,25-,26+/m0/s1/i23D. The topological polar surface area (TPSA) is 69.4 Å². The fourth-order valence-electron chi connectivity index (χ4n) is 8.45. The van der Waals surface area contributed by atoms with E-state index in [0.29, 0.717) is 23.0 Å². The van der Waals surface area contributed by atoms with Gasteiger partial charge in [-0.05, 0) is 105 Å². The van der Waals surface area contributed by atoms with Gasteiger partial charge >= 0.3 is 5.97 Å². The summed E-state index contributed by atoms with van der Waals surface area (Å²) in [5.41, 5.74) is 6.44. The summed E-state index contributed by atoms with van der Waals surface area (Å²) in [6.07, 6.45) is 9.97. The SMILES string of the molecule is [2H]C(N)(C(=O)O[C@@H]1CC[C@@]2(C)[C@@H](CC[C@@H]3[C@@H]2CC[C@]2(C)[C@@H](C(C)=O)CC[C@@H]32)C1)C(C)C. The molecule has 0 radical (unpaired) electrons. The number of carbonyl (C=O) groups excluding carboxylic acids is 2. The molecule has 0 amide bonds. The Balaban J connectivity index is 1.46. The normalized spacial score (nSPS) is 48.0. The summed E-state index contributed by atoms with van der Waals surface area (Å²) in [7, 11) is 0. The van der Waals surface area contributed by atoms with E-state index in [-0.39, 0.29) is 23.4 Å². The third kappa shape index (κ3) is 3.45. The third-order valence-corrected chi connectivity index (χ3v) is 10.2. The highest BCUT2D eigenvalue weighted by atomic mass is 16.5. The van der Waals surface area contributed by atoms with Crippen molar-refractivity contribution in [1.29, 1.82) is 0 Å². The van der Waals surface area contributed by atoms with Gasteiger partial charge in [-0.25, -0.2) is 0 Å². The number of fused-ring (bicyclic) bond motifs is 5. The number of ether oxygens (including phenoxy) is 1. The Bertz CT molecular complexity index is 736. The lowest BCUT2D eigenvalue weighted by molar-refractivity contribution is -0.165.